The molecule has 21 heavy (non-hydrogen) atoms. The highest BCUT2D eigenvalue weighted by molar-refractivity contribution is 7.89. The lowest BCUT2D eigenvalue weighted by atomic mass is 10.1. The summed E-state index contributed by atoms with van der Waals surface area (Å²) < 4.78 is 31.8. The Hall–Kier alpha value is -0.820. The predicted molar refractivity (Wildman–Crippen MR) is 83.4 cm³/mol. The largest absolute Gasteiger partial charge is 0.497 e. The van der Waals surface area contributed by atoms with Crippen LogP contribution in [0.4, 0.5) is 0 Å². The van der Waals surface area contributed by atoms with Gasteiger partial charge in [0.05, 0.1) is 12.1 Å². The van der Waals surface area contributed by atoms with Crippen molar-refractivity contribution in [1.29, 1.82) is 0 Å². The predicted octanol–water partition coefficient (Wildman–Crippen LogP) is 1.92. The maximum Gasteiger partial charge on any atom is 0.244 e. The number of nitrogens with zero attached hydrogens (tertiary/aromatic N) is 2. The second-order valence-corrected chi connectivity index (χ2v) is 7.92. The number of sulfonamides is 1. The minimum absolute atomic E-state index is 0.0948. The molecule has 0 aliphatic carbocycles. The number of methoxy groups -OCH3 is 1. The van der Waals surface area contributed by atoms with E-state index in [-0.39, 0.29) is 9.92 Å². The lowest BCUT2D eigenvalue weighted by molar-refractivity contribution is 0.356. The Morgan fingerprint density at radius 2 is 2.19 bits per heavy atom. The number of ether oxygens (including phenoxy) is 1. The number of hydrogen-bond donors (Lipinski definition) is 0. The standard InChI is InChI=1S/C14H21ClN2O3S/c1-16-7-6-11(9-16)10-17(2)21(18,19)14-8-12(20-3)4-5-13(14)15/h4-5,8,11H,6-7,9-10H2,1-3H3. The van der Waals surface area contributed by atoms with Crippen molar-refractivity contribution in [2.75, 3.05) is 40.8 Å². The molecule has 2 rings (SSSR count). The molecule has 1 aliphatic rings. The fraction of sp³-hybridized carbons (Fsp3) is 0.571. The van der Waals surface area contributed by atoms with Crippen molar-refractivity contribution in [3.63, 3.8) is 0 Å². The molecule has 1 aliphatic heterocycles. The van der Waals surface area contributed by atoms with Gasteiger partial charge < -0.3 is 9.64 Å². The van der Waals surface area contributed by atoms with Crippen LogP contribution in [0, 0.1) is 5.92 Å². The van der Waals surface area contributed by atoms with Crippen molar-refractivity contribution >= 4 is 21.6 Å². The van der Waals surface area contributed by atoms with Gasteiger partial charge in [-0.3, -0.25) is 0 Å². The second-order valence-electron chi connectivity index (χ2n) is 5.50. The molecule has 0 radical (unpaired) electrons. The third kappa shape index (κ3) is 3.69. The van der Waals surface area contributed by atoms with Crippen molar-refractivity contribution in [2.45, 2.75) is 11.3 Å². The van der Waals surface area contributed by atoms with Crippen molar-refractivity contribution in [1.82, 2.24) is 9.21 Å². The summed E-state index contributed by atoms with van der Waals surface area (Å²) in [7, 11) is 1.54. The van der Waals surface area contributed by atoms with Crippen LogP contribution in [-0.2, 0) is 10.0 Å². The number of rotatable bonds is 5. The summed E-state index contributed by atoms with van der Waals surface area (Å²) in [5.41, 5.74) is 0. The van der Waals surface area contributed by atoms with Crippen molar-refractivity contribution < 1.29 is 13.2 Å². The van der Waals surface area contributed by atoms with Crippen LogP contribution in [0.15, 0.2) is 23.1 Å². The first-order valence-corrected chi connectivity index (χ1v) is 8.65. The SMILES string of the molecule is COc1ccc(Cl)c(S(=O)(=O)N(C)CC2CCN(C)C2)c1. The summed E-state index contributed by atoms with van der Waals surface area (Å²) >= 11 is 6.05. The number of benzene rings is 1. The Morgan fingerprint density at radius 1 is 1.48 bits per heavy atom. The van der Waals surface area contributed by atoms with Gasteiger partial charge in [0.25, 0.3) is 0 Å². The molecular weight excluding hydrogens is 312 g/mol. The van der Waals surface area contributed by atoms with Crippen molar-refractivity contribution in [3.05, 3.63) is 23.2 Å². The Labute approximate surface area is 131 Å². The molecule has 1 saturated heterocycles. The second kappa shape index (κ2) is 6.52. The van der Waals surface area contributed by atoms with Gasteiger partial charge in [-0.25, -0.2) is 12.7 Å². The fourth-order valence-electron chi connectivity index (χ4n) is 2.61. The minimum Gasteiger partial charge on any atom is -0.497 e. The molecule has 7 heteroatoms. The molecule has 1 unspecified atom stereocenters. The molecule has 0 N–H and O–H groups in total. The van der Waals surface area contributed by atoms with E-state index >= 15 is 0 Å². The van der Waals surface area contributed by atoms with Gasteiger partial charge in [-0.15, -0.1) is 0 Å². The summed E-state index contributed by atoms with van der Waals surface area (Å²) in [6.45, 7) is 2.43. The molecule has 1 aromatic carbocycles. The number of halogens is 1. The molecule has 0 saturated carbocycles. The van der Waals surface area contributed by atoms with Crippen LogP contribution in [0.3, 0.4) is 0 Å². The van der Waals surface area contributed by atoms with Crippen molar-refractivity contribution in [3.8, 4) is 5.75 Å². The van der Waals surface area contributed by atoms with E-state index in [2.05, 4.69) is 4.90 Å². The topological polar surface area (TPSA) is 49.9 Å². The molecule has 1 heterocycles. The van der Waals surface area contributed by atoms with E-state index in [1.54, 1.807) is 19.2 Å². The first kappa shape index (κ1) is 16.5. The number of hydrogen-bond acceptors (Lipinski definition) is 4. The third-order valence-electron chi connectivity index (χ3n) is 3.83. The number of likely N-dealkylation sites (tertiary alicyclic amines) is 1. The maximum atomic E-state index is 12.7. The molecule has 5 nitrogen and oxygen atoms in total. The highest BCUT2D eigenvalue weighted by Crippen LogP contribution is 2.29. The Morgan fingerprint density at radius 3 is 2.76 bits per heavy atom. The molecule has 1 fully saturated rings. The average Bonchev–Trinajstić information content (AvgIpc) is 2.84. The van der Waals surface area contributed by atoms with Crippen LogP contribution in [0.25, 0.3) is 0 Å². The van der Waals surface area contributed by atoms with Gasteiger partial charge in [0, 0.05) is 26.2 Å². The van der Waals surface area contributed by atoms with Gasteiger partial charge in [-0.1, -0.05) is 11.6 Å². The molecular formula is C14H21ClN2O3S. The van der Waals surface area contributed by atoms with Crippen molar-refractivity contribution in [2.24, 2.45) is 5.92 Å². The third-order valence-corrected chi connectivity index (χ3v) is 6.14. The minimum atomic E-state index is -3.60. The quantitative estimate of drug-likeness (QED) is 0.826. The zero-order valence-electron chi connectivity index (χ0n) is 12.5. The summed E-state index contributed by atoms with van der Waals surface area (Å²) in [5.74, 6) is 0.839. The summed E-state index contributed by atoms with van der Waals surface area (Å²) in [6.07, 6.45) is 1.02. The van der Waals surface area contributed by atoms with Gasteiger partial charge in [-0.2, -0.15) is 0 Å². The monoisotopic (exact) mass is 332 g/mol. The maximum absolute atomic E-state index is 12.7. The fourth-order valence-corrected chi connectivity index (χ4v) is 4.35. The molecule has 0 aromatic heterocycles. The summed E-state index contributed by atoms with van der Waals surface area (Å²) in [6, 6.07) is 4.66. The van der Waals surface area contributed by atoms with E-state index < -0.39 is 10.0 Å². The molecule has 0 bridgehead atoms. The van der Waals surface area contributed by atoms with E-state index in [0.717, 1.165) is 19.5 Å². The van der Waals surface area contributed by atoms with Crippen LogP contribution in [-0.4, -0.2) is 58.5 Å². The van der Waals surface area contributed by atoms with Gasteiger partial charge >= 0.3 is 0 Å². The van der Waals surface area contributed by atoms with Gasteiger partial charge in [0.2, 0.25) is 10.0 Å². The van der Waals surface area contributed by atoms with E-state index in [1.807, 2.05) is 7.05 Å². The van der Waals surface area contributed by atoms with Gasteiger partial charge in [0.15, 0.2) is 0 Å². The zero-order valence-corrected chi connectivity index (χ0v) is 14.1. The smallest absolute Gasteiger partial charge is 0.244 e. The van der Waals surface area contributed by atoms with Gasteiger partial charge in [0.1, 0.15) is 10.6 Å². The highest BCUT2D eigenvalue weighted by atomic mass is 35.5. The summed E-state index contributed by atoms with van der Waals surface area (Å²) in [5, 5.41) is 0.214. The van der Waals surface area contributed by atoms with E-state index in [1.165, 1.54) is 17.5 Å². The lowest BCUT2D eigenvalue weighted by Crippen LogP contribution is -2.33. The average molecular weight is 333 g/mol. The molecule has 1 aromatic rings. The normalized spacial score (nSPS) is 20.1. The summed E-state index contributed by atoms with van der Waals surface area (Å²) in [4.78, 5) is 2.31. The first-order chi connectivity index (χ1) is 9.84. The van der Waals surface area contributed by atoms with Gasteiger partial charge in [-0.05, 0) is 38.1 Å². The Balaban J connectivity index is 2.20. The van der Waals surface area contributed by atoms with Crippen LogP contribution in [0.2, 0.25) is 5.02 Å². The zero-order chi connectivity index (χ0) is 15.6. The molecule has 0 amide bonds. The van der Waals surface area contributed by atoms with E-state index in [9.17, 15) is 8.42 Å². The van der Waals surface area contributed by atoms with Crippen LogP contribution >= 0.6 is 11.6 Å². The molecule has 118 valence electrons. The lowest BCUT2D eigenvalue weighted by Gasteiger charge is -2.21. The molecule has 1 atom stereocenters. The van der Waals surface area contributed by atoms with E-state index in [4.69, 9.17) is 16.3 Å². The van der Waals surface area contributed by atoms with Crippen LogP contribution in [0.5, 0.6) is 5.75 Å². The first-order valence-electron chi connectivity index (χ1n) is 6.83. The highest BCUT2D eigenvalue weighted by Gasteiger charge is 2.28. The Kier molecular flexibility index (Phi) is 5.14. The van der Waals surface area contributed by atoms with Crippen LogP contribution in [0.1, 0.15) is 6.42 Å². The molecule has 0 spiro atoms. The van der Waals surface area contributed by atoms with E-state index in [0.29, 0.717) is 18.2 Å². The van der Waals surface area contributed by atoms with Crippen LogP contribution < -0.4 is 4.74 Å². The Bertz CT molecular complexity index is 606.